The lowest BCUT2D eigenvalue weighted by atomic mass is 9.33. The van der Waals surface area contributed by atoms with Crippen LogP contribution in [-0.4, -0.2) is 65.4 Å². The number of amides is 1. The van der Waals surface area contributed by atoms with Crippen LogP contribution in [0, 0.1) is 62.1 Å². The van der Waals surface area contributed by atoms with E-state index in [9.17, 15) is 29.1 Å². The Hall–Kier alpha value is -2.71. The average Bonchev–Trinajstić information content (AvgIpc) is 3.39. The van der Waals surface area contributed by atoms with Crippen molar-refractivity contribution in [2.24, 2.45) is 62.1 Å². The third kappa shape index (κ3) is 6.28. The molecule has 0 spiro atoms. The lowest BCUT2D eigenvalue weighted by Gasteiger charge is -2.72. The second-order valence-electron chi connectivity index (χ2n) is 20.7. The lowest BCUT2D eigenvalue weighted by molar-refractivity contribution is -0.233. The molecule has 9 heteroatoms. The molecular formula is C45H69NO8. The summed E-state index contributed by atoms with van der Waals surface area (Å²) in [7, 11) is 0. The van der Waals surface area contributed by atoms with Crippen LogP contribution in [-0.2, 0) is 33.4 Å². The molecule has 6 rings (SSSR count). The Bertz CT molecular complexity index is 1580. The number of carbonyl (C=O) groups is 5. The van der Waals surface area contributed by atoms with Crippen LogP contribution in [0.2, 0.25) is 0 Å². The van der Waals surface area contributed by atoms with Crippen molar-refractivity contribution in [1.82, 2.24) is 4.90 Å². The van der Waals surface area contributed by atoms with Crippen molar-refractivity contribution in [2.75, 3.05) is 19.7 Å². The molecule has 0 aromatic rings. The molecule has 1 saturated heterocycles. The Morgan fingerprint density at radius 1 is 0.852 bits per heavy atom. The molecule has 1 heterocycles. The highest BCUT2D eigenvalue weighted by molar-refractivity contribution is 6.07. The van der Waals surface area contributed by atoms with Gasteiger partial charge in [0.05, 0.1) is 23.9 Å². The standard InChI is InChI=1S/C45H69NO8/c1-11-53-34(48)24-28-16-22-46(23-17-28)38(50)45-21-20-43(9)29(37(45)36(27(2)3)30(47)25-45)12-13-32-42(8)18-15-33(54-35(49)26-40(4,5)39(51)52)41(6,7)31(42)14-19-44(32,43)10/h27-29,31-33H,11-26H2,1-10H3,(H,51,52)/t29-,31+,32-,33+,42+,43-,44-,45-/m1/s1. The van der Waals surface area contributed by atoms with E-state index in [0.717, 1.165) is 63.4 Å². The molecule has 8 atom stereocenters. The van der Waals surface area contributed by atoms with Crippen molar-refractivity contribution in [3.8, 4) is 0 Å². The summed E-state index contributed by atoms with van der Waals surface area (Å²) in [5, 5.41) is 9.62. The predicted molar refractivity (Wildman–Crippen MR) is 206 cm³/mol. The monoisotopic (exact) mass is 752 g/mol. The van der Waals surface area contributed by atoms with Crippen molar-refractivity contribution in [3.05, 3.63) is 11.1 Å². The Morgan fingerprint density at radius 2 is 1.52 bits per heavy atom. The molecule has 6 aliphatic rings. The van der Waals surface area contributed by atoms with Crippen molar-refractivity contribution in [3.63, 3.8) is 0 Å². The molecule has 0 unspecified atom stereocenters. The summed E-state index contributed by atoms with van der Waals surface area (Å²) in [6, 6.07) is 0. The van der Waals surface area contributed by atoms with E-state index in [2.05, 4.69) is 48.5 Å². The normalized spacial score (nSPS) is 37.9. The molecule has 1 aliphatic heterocycles. The number of esters is 2. The molecule has 0 radical (unpaired) electrons. The number of Topliss-reactive ketones (excluding diaryl/α,β-unsaturated/α-hetero) is 1. The minimum absolute atomic E-state index is 0.00759. The fraction of sp³-hybridized carbons (Fsp3) is 0.844. The van der Waals surface area contributed by atoms with Crippen LogP contribution in [0.15, 0.2) is 11.1 Å². The molecular weight excluding hydrogens is 682 g/mol. The SMILES string of the molecule is CCOC(=O)CC1CCN(C(=O)[C@@]23CC[C@]4(C)[C@H](CC[C@@H]5[C@@]6(C)CC[C@H](OC(=O)CC(C)(C)C(=O)O)C(C)(C)[C@@H]6CC[C@]54C)C2=C(C(C)C)C(=O)C3)CC1. The topological polar surface area (TPSA) is 127 Å². The number of rotatable bonds is 9. The van der Waals surface area contributed by atoms with Gasteiger partial charge in [-0.1, -0.05) is 48.5 Å². The van der Waals surface area contributed by atoms with Gasteiger partial charge in [0, 0.05) is 31.3 Å². The molecule has 1 N–H and O–H groups in total. The number of hydrogen-bond donors (Lipinski definition) is 1. The molecule has 0 bridgehead atoms. The molecule has 302 valence electrons. The zero-order chi connectivity index (χ0) is 39.8. The maximum atomic E-state index is 15.0. The van der Waals surface area contributed by atoms with E-state index in [1.165, 1.54) is 5.57 Å². The van der Waals surface area contributed by atoms with Gasteiger partial charge < -0.3 is 19.5 Å². The first-order chi connectivity index (χ1) is 25.1. The first-order valence-corrected chi connectivity index (χ1v) is 21.2. The zero-order valence-corrected chi connectivity index (χ0v) is 35.0. The van der Waals surface area contributed by atoms with Gasteiger partial charge in [0.15, 0.2) is 5.78 Å². The fourth-order valence-corrected chi connectivity index (χ4v) is 13.8. The summed E-state index contributed by atoms with van der Waals surface area (Å²) in [6.07, 6.45) is 9.27. The van der Waals surface area contributed by atoms with Crippen molar-refractivity contribution >= 4 is 29.6 Å². The Balaban J connectivity index is 1.26. The lowest BCUT2D eigenvalue weighted by Crippen LogP contribution is -2.66. The summed E-state index contributed by atoms with van der Waals surface area (Å²) in [6.45, 7) is 22.9. The van der Waals surface area contributed by atoms with Gasteiger partial charge in [-0.2, -0.15) is 0 Å². The first kappa shape index (κ1) is 40.9. The van der Waals surface area contributed by atoms with Crippen molar-refractivity contribution in [2.45, 2.75) is 159 Å². The Kier molecular flexibility index (Phi) is 10.6. The molecule has 0 aromatic carbocycles. The van der Waals surface area contributed by atoms with E-state index in [1.807, 2.05) is 11.8 Å². The van der Waals surface area contributed by atoms with Gasteiger partial charge in [-0.15, -0.1) is 0 Å². The zero-order valence-electron chi connectivity index (χ0n) is 35.0. The van der Waals surface area contributed by atoms with Gasteiger partial charge in [0.2, 0.25) is 5.91 Å². The van der Waals surface area contributed by atoms with Gasteiger partial charge in [0.1, 0.15) is 6.10 Å². The van der Waals surface area contributed by atoms with Crippen LogP contribution < -0.4 is 0 Å². The molecule has 5 aliphatic carbocycles. The number of hydrogen-bond acceptors (Lipinski definition) is 7. The van der Waals surface area contributed by atoms with Crippen LogP contribution in [0.25, 0.3) is 0 Å². The number of ketones is 1. The maximum Gasteiger partial charge on any atom is 0.309 e. The largest absolute Gasteiger partial charge is 0.481 e. The molecule has 9 nitrogen and oxygen atoms in total. The number of ether oxygens (including phenoxy) is 2. The van der Waals surface area contributed by atoms with E-state index in [1.54, 1.807) is 13.8 Å². The second kappa shape index (κ2) is 14.0. The van der Waals surface area contributed by atoms with E-state index >= 15 is 0 Å². The van der Waals surface area contributed by atoms with Crippen LogP contribution in [0.4, 0.5) is 0 Å². The molecule has 1 amide bonds. The van der Waals surface area contributed by atoms with Gasteiger partial charge in [-0.3, -0.25) is 24.0 Å². The Morgan fingerprint density at radius 3 is 2.13 bits per heavy atom. The first-order valence-electron chi connectivity index (χ1n) is 21.2. The predicted octanol–water partition coefficient (Wildman–Crippen LogP) is 8.57. The molecule has 4 saturated carbocycles. The molecule has 5 fully saturated rings. The number of fused-ring (bicyclic) bond motifs is 7. The summed E-state index contributed by atoms with van der Waals surface area (Å²) < 4.78 is 11.4. The van der Waals surface area contributed by atoms with E-state index in [-0.39, 0.29) is 69.6 Å². The van der Waals surface area contributed by atoms with E-state index in [4.69, 9.17) is 9.47 Å². The van der Waals surface area contributed by atoms with Crippen molar-refractivity contribution < 1.29 is 38.6 Å². The minimum Gasteiger partial charge on any atom is -0.481 e. The number of nitrogens with zero attached hydrogens (tertiary/aromatic N) is 1. The maximum absolute atomic E-state index is 15.0. The fourth-order valence-electron chi connectivity index (χ4n) is 13.8. The van der Waals surface area contributed by atoms with Crippen LogP contribution in [0.1, 0.15) is 153 Å². The number of carboxylic acids is 1. The van der Waals surface area contributed by atoms with Gasteiger partial charge in [-0.25, -0.2) is 0 Å². The van der Waals surface area contributed by atoms with E-state index < -0.39 is 22.8 Å². The molecule has 0 aromatic heterocycles. The quantitative estimate of drug-likeness (QED) is 0.232. The number of likely N-dealkylation sites (tertiary alicyclic amines) is 1. The minimum atomic E-state index is -1.18. The van der Waals surface area contributed by atoms with Crippen molar-refractivity contribution in [1.29, 1.82) is 0 Å². The highest BCUT2D eigenvalue weighted by Crippen LogP contribution is 2.77. The number of carbonyl (C=O) groups excluding carboxylic acids is 4. The van der Waals surface area contributed by atoms with E-state index in [0.29, 0.717) is 50.8 Å². The smallest absolute Gasteiger partial charge is 0.309 e. The van der Waals surface area contributed by atoms with Gasteiger partial charge in [0.25, 0.3) is 0 Å². The Labute approximate surface area is 324 Å². The number of carboxylic acid groups (broad SMARTS) is 1. The third-order valence-electron chi connectivity index (χ3n) is 16.9. The van der Waals surface area contributed by atoms with Crippen LogP contribution in [0.5, 0.6) is 0 Å². The summed E-state index contributed by atoms with van der Waals surface area (Å²) in [5.41, 5.74) is -0.132. The summed E-state index contributed by atoms with van der Waals surface area (Å²) in [4.78, 5) is 68.2. The van der Waals surface area contributed by atoms with Crippen LogP contribution in [0.3, 0.4) is 0 Å². The van der Waals surface area contributed by atoms with Gasteiger partial charge >= 0.3 is 17.9 Å². The summed E-state index contributed by atoms with van der Waals surface area (Å²) in [5.74, 6) is -0.0467. The second-order valence-corrected chi connectivity index (χ2v) is 20.7. The summed E-state index contributed by atoms with van der Waals surface area (Å²) >= 11 is 0. The highest BCUT2D eigenvalue weighted by atomic mass is 16.5. The molecule has 54 heavy (non-hydrogen) atoms. The van der Waals surface area contributed by atoms with Gasteiger partial charge in [-0.05, 0) is 142 Å². The highest BCUT2D eigenvalue weighted by Gasteiger charge is 2.71. The number of aliphatic carboxylic acids is 1. The third-order valence-corrected chi connectivity index (χ3v) is 16.9. The average molecular weight is 752 g/mol. The van der Waals surface area contributed by atoms with Crippen LogP contribution >= 0.6 is 0 Å². The number of allylic oxidation sites excluding steroid dienone is 1. The number of piperidine rings is 1.